The van der Waals surface area contributed by atoms with Gasteiger partial charge in [-0.2, -0.15) is 5.10 Å². The first-order chi connectivity index (χ1) is 13.1. The lowest BCUT2D eigenvalue weighted by Crippen LogP contribution is -2.29. The fourth-order valence-corrected chi connectivity index (χ4v) is 3.55. The number of nitrogens with zero attached hydrogens (tertiary/aromatic N) is 3. The highest BCUT2D eigenvalue weighted by atomic mass is 35.5. The van der Waals surface area contributed by atoms with Crippen molar-refractivity contribution in [2.75, 3.05) is 5.32 Å². The Kier molecular flexibility index (Phi) is 4.81. The van der Waals surface area contributed by atoms with E-state index in [2.05, 4.69) is 15.4 Å². The molecule has 0 fully saturated rings. The predicted molar refractivity (Wildman–Crippen MR) is 103 cm³/mol. The second-order valence-electron chi connectivity index (χ2n) is 6.58. The Balaban J connectivity index is 1.53. The van der Waals surface area contributed by atoms with Crippen molar-refractivity contribution in [1.29, 1.82) is 0 Å². The highest BCUT2D eigenvalue weighted by Crippen LogP contribution is 2.37. The maximum Gasteiger partial charge on any atom is 0.227 e. The van der Waals surface area contributed by atoms with Crippen LogP contribution in [0.3, 0.4) is 0 Å². The third kappa shape index (κ3) is 3.66. The van der Waals surface area contributed by atoms with E-state index in [4.69, 9.17) is 16.3 Å². The van der Waals surface area contributed by atoms with Crippen LogP contribution in [-0.4, -0.2) is 20.7 Å². The molecular formula is C20H19ClN4O2. The molecule has 138 valence electrons. The molecule has 1 aliphatic rings. The molecule has 1 unspecified atom stereocenters. The number of amides is 1. The van der Waals surface area contributed by atoms with Gasteiger partial charge in [-0.3, -0.25) is 14.5 Å². The highest BCUT2D eigenvalue weighted by Gasteiger charge is 2.27. The zero-order valence-corrected chi connectivity index (χ0v) is 15.6. The third-order valence-electron chi connectivity index (χ3n) is 4.80. The van der Waals surface area contributed by atoms with Crippen molar-refractivity contribution in [1.82, 2.24) is 14.8 Å². The number of para-hydroxylation sites is 1. The minimum absolute atomic E-state index is 0.0415. The van der Waals surface area contributed by atoms with Gasteiger partial charge < -0.3 is 10.1 Å². The largest absolute Gasteiger partial charge is 0.452 e. The Bertz CT molecular complexity index is 971. The summed E-state index contributed by atoms with van der Waals surface area (Å²) >= 11 is 6.31. The van der Waals surface area contributed by atoms with E-state index >= 15 is 0 Å². The fraction of sp³-hybridized carbons (Fsp3) is 0.250. The molecule has 1 N–H and O–H groups in total. The summed E-state index contributed by atoms with van der Waals surface area (Å²) in [6.07, 6.45) is 7.48. The summed E-state index contributed by atoms with van der Waals surface area (Å²) in [7, 11) is 1.91. The maximum atomic E-state index is 12.9. The summed E-state index contributed by atoms with van der Waals surface area (Å²) in [5.41, 5.74) is 2.90. The quantitative estimate of drug-likeness (QED) is 0.740. The first kappa shape index (κ1) is 17.5. The van der Waals surface area contributed by atoms with Crippen molar-refractivity contribution in [2.24, 2.45) is 13.0 Å². The standard InChI is InChI=1S/C20H19ClN4O2/c1-25-18-10-13(7-8-14(18)11-23-25)20(26)24-17-6-2-5-16(21)19(17)27-15-4-3-9-22-12-15/h2-6,9,11-13H,7-8,10H2,1H3,(H,24,26). The average Bonchev–Trinajstić information content (AvgIpc) is 3.06. The SMILES string of the molecule is Cn1ncc2c1CC(C(=O)Nc1cccc(Cl)c1Oc1cccnc1)CC2. The number of fused-ring (bicyclic) bond motifs is 1. The Morgan fingerprint density at radius 1 is 1.30 bits per heavy atom. The molecule has 0 radical (unpaired) electrons. The highest BCUT2D eigenvalue weighted by molar-refractivity contribution is 6.32. The number of pyridine rings is 1. The molecule has 1 atom stereocenters. The second kappa shape index (κ2) is 7.40. The topological polar surface area (TPSA) is 69.0 Å². The van der Waals surface area contributed by atoms with E-state index < -0.39 is 0 Å². The molecular weight excluding hydrogens is 364 g/mol. The Labute approximate surface area is 162 Å². The van der Waals surface area contributed by atoms with Crippen LogP contribution in [-0.2, 0) is 24.7 Å². The van der Waals surface area contributed by atoms with E-state index in [-0.39, 0.29) is 11.8 Å². The smallest absolute Gasteiger partial charge is 0.227 e. The van der Waals surface area contributed by atoms with Crippen LogP contribution in [0.15, 0.2) is 48.9 Å². The molecule has 0 spiro atoms. The number of carbonyl (C=O) groups excluding carboxylic acids is 1. The van der Waals surface area contributed by atoms with E-state index in [1.165, 1.54) is 5.56 Å². The normalized spacial score (nSPS) is 15.9. The number of aryl methyl sites for hydroxylation is 2. The van der Waals surface area contributed by atoms with Gasteiger partial charge in [-0.15, -0.1) is 0 Å². The van der Waals surface area contributed by atoms with Crippen molar-refractivity contribution in [3.63, 3.8) is 0 Å². The Morgan fingerprint density at radius 3 is 3.00 bits per heavy atom. The van der Waals surface area contributed by atoms with Crippen LogP contribution >= 0.6 is 11.6 Å². The van der Waals surface area contributed by atoms with E-state index in [1.54, 1.807) is 42.7 Å². The van der Waals surface area contributed by atoms with Crippen LogP contribution in [0, 0.1) is 5.92 Å². The van der Waals surface area contributed by atoms with Gasteiger partial charge in [-0.05, 0) is 42.7 Å². The summed E-state index contributed by atoms with van der Waals surface area (Å²) in [6.45, 7) is 0. The van der Waals surface area contributed by atoms with Crippen molar-refractivity contribution >= 4 is 23.2 Å². The predicted octanol–water partition coefficient (Wildman–Crippen LogP) is 4.00. The van der Waals surface area contributed by atoms with Crippen molar-refractivity contribution in [3.05, 3.63) is 65.2 Å². The summed E-state index contributed by atoms with van der Waals surface area (Å²) in [5.74, 6) is 0.814. The zero-order chi connectivity index (χ0) is 18.8. The summed E-state index contributed by atoms with van der Waals surface area (Å²) in [6, 6.07) is 8.86. The number of nitrogens with one attached hydrogen (secondary N) is 1. The van der Waals surface area contributed by atoms with E-state index in [0.29, 0.717) is 28.6 Å². The van der Waals surface area contributed by atoms with Gasteiger partial charge in [-0.1, -0.05) is 17.7 Å². The van der Waals surface area contributed by atoms with E-state index in [9.17, 15) is 4.79 Å². The molecule has 2 aromatic heterocycles. The zero-order valence-electron chi connectivity index (χ0n) is 14.9. The van der Waals surface area contributed by atoms with Crippen LogP contribution in [0.1, 0.15) is 17.7 Å². The molecule has 7 heteroatoms. The van der Waals surface area contributed by atoms with Crippen LogP contribution in [0.5, 0.6) is 11.5 Å². The van der Waals surface area contributed by atoms with E-state index in [1.807, 2.05) is 17.9 Å². The van der Waals surface area contributed by atoms with Gasteiger partial charge >= 0.3 is 0 Å². The van der Waals surface area contributed by atoms with Crippen LogP contribution in [0.25, 0.3) is 0 Å². The van der Waals surface area contributed by atoms with Crippen LogP contribution in [0.4, 0.5) is 5.69 Å². The van der Waals surface area contributed by atoms with Crippen molar-refractivity contribution in [2.45, 2.75) is 19.3 Å². The fourth-order valence-electron chi connectivity index (χ4n) is 3.34. The molecule has 0 saturated carbocycles. The number of hydrogen-bond acceptors (Lipinski definition) is 4. The lowest BCUT2D eigenvalue weighted by Gasteiger charge is -2.22. The molecule has 0 aliphatic heterocycles. The number of halogens is 1. The molecule has 4 rings (SSSR count). The molecule has 1 amide bonds. The van der Waals surface area contributed by atoms with E-state index in [0.717, 1.165) is 18.5 Å². The number of aromatic nitrogens is 3. The number of anilines is 1. The first-order valence-corrected chi connectivity index (χ1v) is 9.16. The number of hydrogen-bond donors (Lipinski definition) is 1. The van der Waals surface area contributed by atoms with Gasteiger partial charge in [0.25, 0.3) is 0 Å². The van der Waals surface area contributed by atoms with Crippen LogP contribution in [0.2, 0.25) is 5.02 Å². The van der Waals surface area contributed by atoms with Gasteiger partial charge in [0.05, 0.1) is 23.1 Å². The van der Waals surface area contributed by atoms with Crippen molar-refractivity contribution < 1.29 is 9.53 Å². The maximum absolute atomic E-state index is 12.9. The molecule has 6 nitrogen and oxygen atoms in total. The van der Waals surface area contributed by atoms with Gasteiger partial charge in [-0.25, -0.2) is 0 Å². The Hall–Kier alpha value is -2.86. The van der Waals surface area contributed by atoms with Gasteiger partial charge in [0.1, 0.15) is 5.75 Å². The summed E-state index contributed by atoms with van der Waals surface area (Å²) in [5, 5.41) is 7.70. The van der Waals surface area contributed by atoms with Gasteiger partial charge in [0, 0.05) is 31.3 Å². The number of benzene rings is 1. The lowest BCUT2D eigenvalue weighted by atomic mass is 9.87. The molecule has 1 aliphatic carbocycles. The van der Waals surface area contributed by atoms with Crippen LogP contribution < -0.4 is 10.1 Å². The molecule has 1 aromatic carbocycles. The number of ether oxygens (including phenoxy) is 1. The molecule has 0 bridgehead atoms. The Morgan fingerprint density at radius 2 is 2.19 bits per heavy atom. The lowest BCUT2D eigenvalue weighted by molar-refractivity contribution is -0.120. The van der Waals surface area contributed by atoms with Crippen molar-refractivity contribution in [3.8, 4) is 11.5 Å². The minimum Gasteiger partial charge on any atom is -0.452 e. The number of carbonyl (C=O) groups is 1. The molecule has 2 heterocycles. The van der Waals surface area contributed by atoms with Gasteiger partial charge in [0.2, 0.25) is 5.91 Å². The molecule has 0 saturated heterocycles. The monoisotopic (exact) mass is 382 g/mol. The average molecular weight is 383 g/mol. The minimum atomic E-state index is -0.113. The second-order valence-corrected chi connectivity index (χ2v) is 6.98. The molecule has 27 heavy (non-hydrogen) atoms. The molecule has 3 aromatic rings. The summed E-state index contributed by atoms with van der Waals surface area (Å²) in [4.78, 5) is 16.9. The summed E-state index contributed by atoms with van der Waals surface area (Å²) < 4.78 is 7.72. The first-order valence-electron chi connectivity index (χ1n) is 8.79. The van der Waals surface area contributed by atoms with Gasteiger partial charge in [0.15, 0.2) is 5.75 Å². The third-order valence-corrected chi connectivity index (χ3v) is 5.10. The number of rotatable bonds is 4.